The van der Waals surface area contributed by atoms with Gasteiger partial charge in [-0.05, 0) is 17.7 Å². The molecule has 22 heavy (non-hydrogen) atoms. The van der Waals surface area contributed by atoms with Gasteiger partial charge in [0.2, 0.25) is 5.91 Å². The number of benzene rings is 2. The van der Waals surface area contributed by atoms with Crippen molar-refractivity contribution in [1.29, 1.82) is 0 Å². The van der Waals surface area contributed by atoms with Crippen molar-refractivity contribution >= 4 is 23.4 Å². The Balaban J connectivity index is 2.14. The lowest BCUT2D eigenvalue weighted by molar-refractivity contribution is -0.115. The first-order chi connectivity index (χ1) is 10.7. The fourth-order valence-corrected chi connectivity index (χ4v) is 2.93. The van der Waals surface area contributed by atoms with Crippen molar-refractivity contribution in [2.45, 2.75) is 5.25 Å². The zero-order chi connectivity index (χ0) is 15.8. The quantitative estimate of drug-likeness (QED) is 0.824. The maximum atomic E-state index is 12.6. The van der Waals surface area contributed by atoms with E-state index in [-0.39, 0.29) is 17.8 Å². The van der Waals surface area contributed by atoms with E-state index in [1.807, 2.05) is 48.5 Å². The summed E-state index contributed by atoms with van der Waals surface area (Å²) in [5.74, 6) is 1.08. The maximum Gasteiger partial charge on any atom is 0.241 e. The van der Waals surface area contributed by atoms with Crippen LogP contribution in [0.1, 0.15) is 10.8 Å². The summed E-state index contributed by atoms with van der Waals surface area (Å²) >= 11 is 1.42. The van der Waals surface area contributed by atoms with Crippen LogP contribution in [-0.2, 0) is 4.79 Å². The van der Waals surface area contributed by atoms with Crippen LogP contribution in [0.2, 0.25) is 0 Å². The molecule has 2 aromatic rings. The third-order valence-corrected chi connectivity index (χ3v) is 4.29. The van der Waals surface area contributed by atoms with Crippen molar-refractivity contribution in [2.24, 2.45) is 0 Å². The SMILES string of the molecule is COc1cccc(NC(=O)[C@@H](SCCO)c2ccccc2)c1. The largest absolute Gasteiger partial charge is 0.497 e. The molecule has 0 heterocycles. The van der Waals surface area contributed by atoms with Gasteiger partial charge in [0, 0.05) is 17.5 Å². The minimum Gasteiger partial charge on any atom is -0.497 e. The van der Waals surface area contributed by atoms with Gasteiger partial charge in [0.15, 0.2) is 0 Å². The summed E-state index contributed by atoms with van der Waals surface area (Å²) < 4.78 is 5.16. The minimum atomic E-state index is -0.362. The van der Waals surface area contributed by atoms with Crippen LogP contribution >= 0.6 is 11.8 Å². The Bertz CT molecular complexity index is 604. The van der Waals surface area contributed by atoms with E-state index in [1.54, 1.807) is 13.2 Å². The van der Waals surface area contributed by atoms with Crippen LogP contribution in [0.25, 0.3) is 0 Å². The number of aliphatic hydroxyl groups is 1. The number of anilines is 1. The Labute approximate surface area is 134 Å². The second-order valence-corrected chi connectivity index (χ2v) is 5.82. The van der Waals surface area contributed by atoms with Gasteiger partial charge >= 0.3 is 0 Å². The molecule has 0 aliphatic rings. The summed E-state index contributed by atoms with van der Waals surface area (Å²) in [4.78, 5) is 12.6. The lowest BCUT2D eigenvalue weighted by atomic mass is 10.1. The van der Waals surface area contributed by atoms with Gasteiger partial charge in [0.05, 0.1) is 13.7 Å². The number of hydrogen-bond donors (Lipinski definition) is 2. The number of ether oxygens (including phenoxy) is 1. The molecule has 0 saturated heterocycles. The molecule has 0 aromatic heterocycles. The number of carbonyl (C=O) groups is 1. The summed E-state index contributed by atoms with van der Waals surface area (Å²) in [6.07, 6.45) is 0. The monoisotopic (exact) mass is 317 g/mol. The Morgan fingerprint density at radius 1 is 1.23 bits per heavy atom. The van der Waals surface area contributed by atoms with E-state index < -0.39 is 0 Å². The van der Waals surface area contributed by atoms with E-state index in [0.717, 1.165) is 5.56 Å². The lowest BCUT2D eigenvalue weighted by Crippen LogP contribution is -2.19. The Morgan fingerprint density at radius 2 is 2.00 bits per heavy atom. The molecular formula is C17H19NO3S. The van der Waals surface area contributed by atoms with Crippen molar-refractivity contribution in [3.05, 3.63) is 60.2 Å². The Kier molecular flexibility index (Phi) is 6.30. The molecule has 1 atom stereocenters. The van der Waals surface area contributed by atoms with E-state index in [2.05, 4.69) is 5.32 Å². The second kappa shape index (κ2) is 8.46. The average molecular weight is 317 g/mol. The second-order valence-electron chi connectivity index (χ2n) is 4.61. The molecule has 1 amide bonds. The molecule has 4 nitrogen and oxygen atoms in total. The predicted octanol–water partition coefficient (Wildman–Crippen LogP) is 3.10. The summed E-state index contributed by atoms with van der Waals surface area (Å²) in [7, 11) is 1.59. The summed E-state index contributed by atoms with van der Waals surface area (Å²) in [6.45, 7) is 0.0421. The number of rotatable bonds is 7. The van der Waals surface area contributed by atoms with Gasteiger partial charge < -0.3 is 15.2 Å². The number of methoxy groups -OCH3 is 1. The number of carbonyl (C=O) groups excluding carboxylic acids is 1. The molecule has 2 aromatic carbocycles. The van der Waals surface area contributed by atoms with Gasteiger partial charge in [-0.15, -0.1) is 11.8 Å². The molecular weight excluding hydrogens is 298 g/mol. The molecule has 2 N–H and O–H groups in total. The predicted molar refractivity (Wildman–Crippen MR) is 90.4 cm³/mol. The van der Waals surface area contributed by atoms with E-state index in [9.17, 15) is 4.79 Å². The number of aliphatic hydroxyl groups excluding tert-OH is 1. The number of amides is 1. The molecule has 0 spiro atoms. The van der Waals surface area contributed by atoms with Gasteiger partial charge in [-0.3, -0.25) is 4.79 Å². The van der Waals surface area contributed by atoms with Crippen LogP contribution in [0, 0.1) is 0 Å². The van der Waals surface area contributed by atoms with Gasteiger partial charge in [-0.2, -0.15) is 0 Å². The van der Waals surface area contributed by atoms with Crippen molar-refractivity contribution in [3.8, 4) is 5.75 Å². The van der Waals surface area contributed by atoms with Crippen LogP contribution < -0.4 is 10.1 Å². The topological polar surface area (TPSA) is 58.6 Å². The van der Waals surface area contributed by atoms with Crippen LogP contribution in [0.4, 0.5) is 5.69 Å². The third kappa shape index (κ3) is 4.51. The highest BCUT2D eigenvalue weighted by Crippen LogP contribution is 2.30. The van der Waals surface area contributed by atoms with Gasteiger partial charge in [0.25, 0.3) is 0 Å². The standard InChI is InChI=1S/C17H19NO3S/c1-21-15-9-5-8-14(12-15)18-17(20)16(22-11-10-19)13-6-3-2-4-7-13/h2-9,12,16,19H,10-11H2,1H3,(H,18,20)/t16-/m0/s1. The van der Waals surface area contributed by atoms with Crippen molar-refractivity contribution < 1.29 is 14.6 Å². The van der Waals surface area contributed by atoms with Gasteiger partial charge in [-0.25, -0.2) is 0 Å². The fraction of sp³-hybridized carbons (Fsp3) is 0.235. The van der Waals surface area contributed by atoms with E-state index in [1.165, 1.54) is 11.8 Å². The van der Waals surface area contributed by atoms with Crippen LogP contribution in [0.15, 0.2) is 54.6 Å². The third-order valence-electron chi connectivity index (χ3n) is 3.05. The van der Waals surface area contributed by atoms with Crippen LogP contribution in [-0.4, -0.2) is 30.5 Å². The maximum absolute atomic E-state index is 12.6. The molecule has 0 aliphatic heterocycles. The molecule has 0 fully saturated rings. The molecule has 5 heteroatoms. The zero-order valence-corrected chi connectivity index (χ0v) is 13.2. The van der Waals surface area contributed by atoms with Crippen molar-refractivity contribution in [3.63, 3.8) is 0 Å². The summed E-state index contributed by atoms with van der Waals surface area (Å²) in [6, 6.07) is 16.8. The smallest absolute Gasteiger partial charge is 0.241 e. The highest BCUT2D eigenvalue weighted by Gasteiger charge is 2.21. The molecule has 0 aliphatic carbocycles. The fourth-order valence-electron chi connectivity index (χ4n) is 2.03. The number of hydrogen-bond acceptors (Lipinski definition) is 4. The summed E-state index contributed by atoms with van der Waals surface area (Å²) in [5.41, 5.74) is 1.61. The molecule has 0 saturated carbocycles. The molecule has 0 radical (unpaired) electrons. The zero-order valence-electron chi connectivity index (χ0n) is 12.4. The van der Waals surface area contributed by atoms with Gasteiger partial charge in [-0.1, -0.05) is 36.4 Å². The van der Waals surface area contributed by atoms with Gasteiger partial charge in [0.1, 0.15) is 11.0 Å². The minimum absolute atomic E-state index is 0.0421. The number of nitrogens with one attached hydrogen (secondary N) is 1. The summed E-state index contributed by atoms with van der Waals surface area (Å²) in [5, 5.41) is 11.6. The molecule has 116 valence electrons. The molecule has 2 rings (SSSR count). The Morgan fingerprint density at radius 3 is 2.68 bits per heavy atom. The first-order valence-corrected chi connectivity index (χ1v) is 8.02. The Hall–Kier alpha value is -1.98. The van der Waals surface area contributed by atoms with E-state index in [0.29, 0.717) is 17.2 Å². The van der Waals surface area contributed by atoms with Crippen LogP contribution in [0.3, 0.4) is 0 Å². The normalized spacial score (nSPS) is 11.7. The first kappa shape index (κ1) is 16.4. The molecule has 0 unspecified atom stereocenters. The highest BCUT2D eigenvalue weighted by molar-refractivity contribution is 8.00. The van der Waals surface area contributed by atoms with E-state index in [4.69, 9.17) is 9.84 Å². The highest BCUT2D eigenvalue weighted by atomic mass is 32.2. The lowest BCUT2D eigenvalue weighted by Gasteiger charge is -2.17. The van der Waals surface area contributed by atoms with Crippen molar-refractivity contribution in [2.75, 3.05) is 24.8 Å². The average Bonchev–Trinajstić information content (AvgIpc) is 2.56. The van der Waals surface area contributed by atoms with Crippen molar-refractivity contribution in [1.82, 2.24) is 0 Å². The number of thioether (sulfide) groups is 1. The van der Waals surface area contributed by atoms with Crippen LogP contribution in [0.5, 0.6) is 5.75 Å². The first-order valence-electron chi connectivity index (χ1n) is 6.97. The molecule has 0 bridgehead atoms. The van der Waals surface area contributed by atoms with E-state index >= 15 is 0 Å².